The molecule has 0 aliphatic carbocycles. The summed E-state index contributed by atoms with van der Waals surface area (Å²) in [5, 5.41) is 19.3. The van der Waals surface area contributed by atoms with Gasteiger partial charge in [0.05, 0.1) is 0 Å². The molecule has 3 aromatic rings. The van der Waals surface area contributed by atoms with Crippen LogP contribution in [0, 0.1) is 0 Å². The van der Waals surface area contributed by atoms with Crippen LogP contribution in [0.25, 0.3) is 0 Å². The summed E-state index contributed by atoms with van der Waals surface area (Å²) < 4.78 is 11.1. The third-order valence-electron chi connectivity index (χ3n) is 5.45. The zero-order chi connectivity index (χ0) is 24.5. The number of imide groups is 1. The maximum Gasteiger partial charge on any atom is 0.355 e. The van der Waals surface area contributed by atoms with Crippen molar-refractivity contribution in [1.82, 2.24) is 15.2 Å². The number of carbonyl (C=O) groups is 4. The standard InChI is InChI=1S/C22H18N4O7S2/c27-18(25-21-23-13(10-35-21)20(29)30)14(7-11-3-6-34-9-11)26-19(28)17(24-22(26)31)12-1-2-15-16(8-12)33-5-4-32-15/h1-3,6,8-10,14,17H,4-5,7H2,(H,24,31)(H,29,30)(H,23,25,27)/t14?,17-/m1/s1. The maximum atomic E-state index is 13.4. The fourth-order valence-corrected chi connectivity index (χ4v) is 5.17. The summed E-state index contributed by atoms with van der Waals surface area (Å²) in [4.78, 5) is 55.5. The number of aromatic carboxylic acids is 1. The van der Waals surface area contributed by atoms with Gasteiger partial charge in [-0.1, -0.05) is 6.07 Å². The first-order valence-electron chi connectivity index (χ1n) is 10.4. The number of hydrogen-bond acceptors (Lipinski definition) is 9. The smallest absolute Gasteiger partial charge is 0.355 e. The van der Waals surface area contributed by atoms with Crippen LogP contribution in [-0.2, 0) is 16.0 Å². The number of thiophene rings is 1. The van der Waals surface area contributed by atoms with Crippen LogP contribution in [0.4, 0.5) is 9.93 Å². The van der Waals surface area contributed by atoms with E-state index in [1.165, 1.54) is 16.7 Å². The summed E-state index contributed by atoms with van der Waals surface area (Å²) in [7, 11) is 0. The van der Waals surface area contributed by atoms with Crippen molar-refractivity contribution in [2.24, 2.45) is 0 Å². The fourth-order valence-electron chi connectivity index (χ4n) is 3.81. The van der Waals surface area contributed by atoms with Crippen molar-refractivity contribution in [3.05, 3.63) is 57.2 Å². The Kier molecular flexibility index (Phi) is 6.09. The van der Waals surface area contributed by atoms with Crippen molar-refractivity contribution in [2.75, 3.05) is 18.5 Å². The first kappa shape index (κ1) is 22.8. The fraction of sp³-hybridized carbons (Fsp3) is 0.227. The van der Waals surface area contributed by atoms with Crippen LogP contribution in [0.1, 0.15) is 27.7 Å². The topological polar surface area (TPSA) is 147 Å². The largest absolute Gasteiger partial charge is 0.486 e. The van der Waals surface area contributed by atoms with Crippen LogP contribution in [0.2, 0.25) is 0 Å². The van der Waals surface area contributed by atoms with Gasteiger partial charge >= 0.3 is 12.0 Å². The van der Waals surface area contributed by atoms with Gasteiger partial charge in [0.25, 0.3) is 5.91 Å². The number of nitrogens with one attached hydrogen (secondary N) is 2. The number of thiazole rings is 1. The van der Waals surface area contributed by atoms with Crippen molar-refractivity contribution in [3.8, 4) is 11.5 Å². The number of aromatic nitrogens is 1. The van der Waals surface area contributed by atoms with Crippen molar-refractivity contribution in [3.63, 3.8) is 0 Å². The Morgan fingerprint density at radius 3 is 2.71 bits per heavy atom. The molecule has 0 spiro atoms. The minimum Gasteiger partial charge on any atom is -0.486 e. The van der Waals surface area contributed by atoms with Gasteiger partial charge in [-0.2, -0.15) is 11.3 Å². The van der Waals surface area contributed by atoms with Gasteiger partial charge in [0, 0.05) is 11.8 Å². The number of rotatable bonds is 7. The highest BCUT2D eigenvalue weighted by atomic mass is 32.1. The van der Waals surface area contributed by atoms with Gasteiger partial charge in [0.15, 0.2) is 22.3 Å². The van der Waals surface area contributed by atoms with E-state index in [2.05, 4.69) is 15.6 Å². The molecule has 1 unspecified atom stereocenters. The summed E-state index contributed by atoms with van der Waals surface area (Å²) in [6, 6.07) is 3.87. The molecule has 35 heavy (non-hydrogen) atoms. The molecule has 5 rings (SSSR count). The van der Waals surface area contributed by atoms with Gasteiger partial charge in [0.1, 0.15) is 25.3 Å². The molecule has 1 fully saturated rings. The van der Waals surface area contributed by atoms with Gasteiger partial charge in [0.2, 0.25) is 5.91 Å². The Morgan fingerprint density at radius 2 is 2.00 bits per heavy atom. The number of carboxylic acids is 1. The average Bonchev–Trinajstić information content (AvgIpc) is 3.59. The van der Waals surface area contributed by atoms with E-state index in [0.29, 0.717) is 30.3 Å². The third-order valence-corrected chi connectivity index (χ3v) is 6.94. The number of urea groups is 1. The third kappa shape index (κ3) is 4.55. The molecule has 3 N–H and O–H groups in total. The summed E-state index contributed by atoms with van der Waals surface area (Å²) in [5.74, 6) is -1.46. The lowest BCUT2D eigenvalue weighted by Crippen LogP contribution is -2.49. The quantitative estimate of drug-likeness (QED) is 0.408. The minimum absolute atomic E-state index is 0.0539. The number of fused-ring (bicyclic) bond motifs is 1. The maximum absolute atomic E-state index is 13.4. The van der Waals surface area contributed by atoms with E-state index in [4.69, 9.17) is 14.6 Å². The second-order valence-corrected chi connectivity index (χ2v) is 9.32. The highest BCUT2D eigenvalue weighted by Gasteiger charge is 2.45. The number of anilines is 1. The van der Waals surface area contributed by atoms with Crippen LogP contribution in [0.3, 0.4) is 0 Å². The highest BCUT2D eigenvalue weighted by Crippen LogP contribution is 2.35. The van der Waals surface area contributed by atoms with E-state index < -0.39 is 35.9 Å². The Hall–Kier alpha value is -3.97. The molecular formula is C22H18N4O7S2. The van der Waals surface area contributed by atoms with Crippen molar-refractivity contribution in [2.45, 2.75) is 18.5 Å². The second kappa shape index (κ2) is 9.35. The first-order valence-corrected chi connectivity index (χ1v) is 12.3. The molecule has 0 bridgehead atoms. The summed E-state index contributed by atoms with van der Waals surface area (Å²) >= 11 is 2.36. The van der Waals surface area contributed by atoms with Crippen molar-refractivity contribution < 1.29 is 33.8 Å². The molecule has 13 heteroatoms. The predicted octanol–water partition coefficient (Wildman–Crippen LogP) is 2.52. The normalized spacial score (nSPS) is 17.7. The van der Waals surface area contributed by atoms with E-state index in [-0.39, 0.29) is 17.2 Å². The SMILES string of the molecule is O=C(O)c1csc(NC(=O)C(Cc2ccsc2)N2C(=O)N[C@H](c3ccc4c(c3)OCCO4)C2=O)n1. The van der Waals surface area contributed by atoms with Gasteiger partial charge < -0.3 is 25.2 Å². The van der Waals surface area contributed by atoms with Crippen LogP contribution < -0.4 is 20.1 Å². The van der Waals surface area contributed by atoms with Crippen molar-refractivity contribution >= 4 is 51.6 Å². The van der Waals surface area contributed by atoms with E-state index in [1.807, 2.05) is 10.8 Å². The van der Waals surface area contributed by atoms with Crippen LogP contribution >= 0.6 is 22.7 Å². The van der Waals surface area contributed by atoms with Gasteiger partial charge in [-0.3, -0.25) is 9.59 Å². The molecular weight excluding hydrogens is 496 g/mol. The molecule has 2 atom stereocenters. The van der Waals surface area contributed by atoms with E-state index in [9.17, 15) is 19.2 Å². The van der Waals surface area contributed by atoms with Crippen LogP contribution in [-0.4, -0.2) is 58.1 Å². The number of ether oxygens (including phenoxy) is 2. The summed E-state index contributed by atoms with van der Waals surface area (Å²) in [5.41, 5.74) is 1.05. The Bertz CT molecular complexity index is 1310. The van der Waals surface area contributed by atoms with Crippen LogP contribution in [0.5, 0.6) is 11.5 Å². The number of carboxylic acid groups (broad SMARTS) is 1. The lowest BCUT2D eigenvalue weighted by Gasteiger charge is -2.24. The predicted molar refractivity (Wildman–Crippen MR) is 125 cm³/mol. The zero-order valence-corrected chi connectivity index (χ0v) is 19.6. The Morgan fingerprint density at radius 1 is 1.20 bits per heavy atom. The van der Waals surface area contributed by atoms with E-state index in [1.54, 1.807) is 24.3 Å². The molecule has 180 valence electrons. The molecule has 0 radical (unpaired) electrons. The van der Waals surface area contributed by atoms with Gasteiger partial charge in [-0.05, 0) is 40.1 Å². The Balaban J connectivity index is 1.41. The summed E-state index contributed by atoms with van der Waals surface area (Å²) in [6.45, 7) is 0.794. The lowest BCUT2D eigenvalue weighted by molar-refractivity contribution is -0.134. The minimum atomic E-state index is -1.23. The average molecular weight is 515 g/mol. The zero-order valence-electron chi connectivity index (χ0n) is 17.9. The molecule has 2 aliphatic heterocycles. The molecule has 11 nitrogen and oxygen atoms in total. The summed E-state index contributed by atoms with van der Waals surface area (Å²) in [6.07, 6.45) is 0.0829. The Labute approximate surface area is 206 Å². The lowest BCUT2D eigenvalue weighted by atomic mass is 10.0. The number of amides is 4. The molecule has 1 aromatic carbocycles. The van der Waals surface area contributed by atoms with E-state index in [0.717, 1.165) is 21.8 Å². The molecule has 4 amide bonds. The molecule has 2 aliphatic rings. The molecule has 0 saturated carbocycles. The van der Waals surface area contributed by atoms with Gasteiger partial charge in [-0.15, -0.1) is 11.3 Å². The molecule has 1 saturated heterocycles. The number of hydrogen-bond donors (Lipinski definition) is 3. The van der Waals surface area contributed by atoms with Crippen molar-refractivity contribution in [1.29, 1.82) is 0 Å². The van der Waals surface area contributed by atoms with Crippen LogP contribution in [0.15, 0.2) is 40.4 Å². The number of nitrogens with zero attached hydrogens (tertiary/aromatic N) is 2. The first-order chi connectivity index (χ1) is 16.9. The monoisotopic (exact) mass is 514 g/mol. The van der Waals surface area contributed by atoms with Gasteiger partial charge in [-0.25, -0.2) is 19.5 Å². The van der Waals surface area contributed by atoms with E-state index >= 15 is 0 Å². The second-order valence-electron chi connectivity index (χ2n) is 7.68. The molecule has 4 heterocycles. The number of carbonyl (C=O) groups excluding carboxylic acids is 3. The highest BCUT2D eigenvalue weighted by molar-refractivity contribution is 7.14. The number of benzene rings is 1. The molecule has 2 aromatic heterocycles.